The van der Waals surface area contributed by atoms with Crippen molar-refractivity contribution >= 4 is 17.5 Å². The summed E-state index contributed by atoms with van der Waals surface area (Å²) in [4.78, 5) is 23.9. The molecule has 2 N–H and O–H groups in total. The number of hydrogen-bond acceptors (Lipinski definition) is 4. The molecule has 21 heavy (non-hydrogen) atoms. The predicted molar refractivity (Wildman–Crippen MR) is 76.2 cm³/mol. The van der Waals surface area contributed by atoms with Gasteiger partial charge in [0.15, 0.2) is 0 Å². The molecule has 1 aromatic rings. The summed E-state index contributed by atoms with van der Waals surface area (Å²) in [6.07, 6.45) is -0.0317. The van der Waals surface area contributed by atoms with Gasteiger partial charge in [0.05, 0.1) is 24.7 Å². The maximum Gasteiger partial charge on any atom is 0.233 e. The average Bonchev–Trinajstić information content (AvgIpc) is 2.46. The molecule has 2 rings (SSSR count). The third kappa shape index (κ3) is 3.20. The molecule has 1 aromatic carbocycles. The van der Waals surface area contributed by atoms with E-state index >= 15 is 0 Å². The van der Waals surface area contributed by atoms with E-state index in [4.69, 9.17) is 10.00 Å². The molecule has 1 aliphatic heterocycles. The SMILES string of the molecule is COc1cccc(NC(=O)[C@H]2CC(=O)NC(C)=C2C#N)c1. The maximum absolute atomic E-state index is 12.3. The van der Waals surface area contributed by atoms with E-state index in [-0.39, 0.29) is 23.8 Å². The van der Waals surface area contributed by atoms with Crippen molar-refractivity contribution < 1.29 is 14.3 Å². The third-order valence-corrected chi connectivity index (χ3v) is 3.24. The standard InChI is InChI=1S/C15H15N3O3/c1-9-13(8-16)12(7-14(19)17-9)15(20)18-10-4-3-5-11(6-10)21-2/h3-6,12H,7H2,1-2H3,(H,17,19)(H,18,20)/t12-/m0/s1. The van der Waals surface area contributed by atoms with Crippen LogP contribution in [0.3, 0.4) is 0 Å². The average molecular weight is 285 g/mol. The van der Waals surface area contributed by atoms with Crippen LogP contribution in [-0.2, 0) is 9.59 Å². The van der Waals surface area contributed by atoms with Gasteiger partial charge < -0.3 is 15.4 Å². The highest BCUT2D eigenvalue weighted by atomic mass is 16.5. The van der Waals surface area contributed by atoms with Crippen molar-refractivity contribution in [3.8, 4) is 11.8 Å². The van der Waals surface area contributed by atoms with Gasteiger partial charge in [-0.2, -0.15) is 5.26 Å². The first-order valence-electron chi connectivity index (χ1n) is 6.40. The van der Waals surface area contributed by atoms with Gasteiger partial charge in [0.25, 0.3) is 0 Å². The molecule has 0 saturated heterocycles. The topological polar surface area (TPSA) is 91.2 Å². The first-order chi connectivity index (χ1) is 10.0. The van der Waals surface area contributed by atoms with E-state index in [2.05, 4.69) is 10.6 Å². The Kier molecular flexibility index (Phi) is 4.24. The highest BCUT2D eigenvalue weighted by Gasteiger charge is 2.31. The van der Waals surface area contributed by atoms with E-state index < -0.39 is 5.92 Å². The van der Waals surface area contributed by atoms with Crippen molar-refractivity contribution in [1.29, 1.82) is 5.26 Å². The van der Waals surface area contributed by atoms with E-state index in [0.29, 0.717) is 17.1 Å². The fraction of sp³-hybridized carbons (Fsp3) is 0.267. The number of hydrogen-bond donors (Lipinski definition) is 2. The monoisotopic (exact) mass is 285 g/mol. The summed E-state index contributed by atoms with van der Waals surface area (Å²) < 4.78 is 5.08. The van der Waals surface area contributed by atoms with E-state index in [9.17, 15) is 9.59 Å². The second-order valence-corrected chi connectivity index (χ2v) is 4.68. The quantitative estimate of drug-likeness (QED) is 0.881. The Labute approximate surface area is 122 Å². The first-order valence-corrected chi connectivity index (χ1v) is 6.40. The minimum atomic E-state index is -0.769. The Balaban J connectivity index is 2.21. The minimum absolute atomic E-state index is 0.0317. The Bertz CT molecular complexity index is 658. The number of nitrogens with one attached hydrogen (secondary N) is 2. The first kappa shape index (κ1) is 14.6. The second-order valence-electron chi connectivity index (χ2n) is 4.68. The number of benzene rings is 1. The molecule has 0 unspecified atom stereocenters. The number of ether oxygens (including phenoxy) is 1. The van der Waals surface area contributed by atoms with Gasteiger partial charge in [-0.15, -0.1) is 0 Å². The van der Waals surface area contributed by atoms with Gasteiger partial charge in [-0.25, -0.2) is 0 Å². The molecule has 1 heterocycles. The van der Waals surface area contributed by atoms with Gasteiger partial charge >= 0.3 is 0 Å². The van der Waals surface area contributed by atoms with Crippen molar-refractivity contribution in [3.63, 3.8) is 0 Å². The summed E-state index contributed by atoms with van der Waals surface area (Å²) in [5.41, 5.74) is 1.27. The lowest BCUT2D eigenvalue weighted by Gasteiger charge is -2.22. The van der Waals surface area contributed by atoms with Crippen LogP contribution in [0, 0.1) is 17.2 Å². The van der Waals surface area contributed by atoms with Crippen molar-refractivity contribution in [1.82, 2.24) is 5.32 Å². The number of rotatable bonds is 3. The molecule has 108 valence electrons. The van der Waals surface area contributed by atoms with Crippen LogP contribution in [0.4, 0.5) is 5.69 Å². The molecule has 6 nitrogen and oxygen atoms in total. The van der Waals surface area contributed by atoms with Crippen LogP contribution < -0.4 is 15.4 Å². The van der Waals surface area contributed by atoms with Crippen molar-refractivity contribution in [3.05, 3.63) is 35.5 Å². The fourth-order valence-electron chi connectivity index (χ4n) is 2.19. The highest BCUT2D eigenvalue weighted by Crippen LogP contribution is 2.25. The normalized spacial score (nSPS) is 17.8. The zero-order chi connectivity index (χ0) is 15.4. The van der Waals surface area contributed by atoms with E-state index in [1.54, 1.807) is 31.2 Å². The molecule has 2 amide bonds. The number of allylic oxidation sites excluding steroid dienone is 1. The van der Waals surface area contributed by atoms with Crippen molar-refractivity contribution in [2.75, 3.05) is 12.4 Å². The number of nitriles is 1. The molecule has 0 radical (unpaired) electrons. The van der Waals surface area contributed by atoms with Crippen LogP contribution >= 0.6 is 0 Å². The molecular formula is C15H15N3O3. The van der Waals surface area contributed by atoms with Crippen LogP contribution in [0.25, 0.3) is 0 Å². The molecule has 0 bridgehead atoms. The predicted octanol–water partition coefficient (Wildman–Crippen LogP) is 1.57. The highest BCUT2D eigenvalue weighted by molar-refractivity contribution is 5.99. The molecule has 1 aliphatic rings. The van der Waals surface area contributed by atoms with Gasteiger partial charge in [0.2, 0.25) is 11.8 Å². The molecule has 0 fully saturated rings. The Hall–Kier alpha value is -2.81. The van der Waals surface area contributed by atoms with E-state index in [1.165, 1.54) is 7.11 Å². The summed E-state index contributed by atoms with van der Waals surface area (Å²) in [6, 6.07) is 8.88. The fourth-order valence-corrected chi connectivity index (χ4v) is 2.19. The Morgan fingerprint density at radius 1 is 1.52 bits per heavy atom. The van der Waals surface area contributed by atoms with Crippen LogP contribution in [0.1, 0.15) is 13.3 Å². The van der Waals surface area contributed by atoms with Gasteiger partial charge in [-0.05, 0) is 19.1 Å². The smallest absolute Gasteiger partial charge is 0.233 e. The second kappa shape index (κ2) is 6.09. The third-order valence-electron chi connectivity index (χ3n) is 3.24. The minimum Gasteiger partial charge on any atom is -0.497 e. The number of carbonyl (C=O) groups is 2. The number of carbonyl (C=O) groups excluding carboxylic acids is 2. The summed E-state index contributed by atoms with van der Waals surface area (Å²) in [5.74, 6) is -0.803. The number of nitrogens with zero attached hydrogens (tertiary/aromatic N) is 1. The van der Waals surface area contributed by atoms with Crippen LogP contribution in [0.15, 0.2) is 35.5 Å². The van der Waals surface area contributed by atoms with Gasteiger partial charge in [0, 0.05) is 23.9 Å². The van der Waals surface area contributed by atoms with Crippen LogP contribution in [-0.4, -0.2) is 18.9 Å². The van der Waals surface area contributed by atoms with Gasteiger partial charge in [0.1, 0.15) is 5.75 Å². The maximum atomic E-state index is 12.3. The van der Waals surface area contributed by atoms with Crippen molar-refractivity contribution in [2.45, 2.75) is 13.3 Å². The summed E-state index contributed by atoms with van der Waals surface area (Å²) in [5, 5.41) is 14.4. The lowest BCUT2D eigenvalue weighted by Crippen LogP contribution is -2.37. The van der Waals surface area contributed by atoms with Crippen LogP contribution in [0.2, 0.25) is 0 Å². The zero-order valence-corrected chi connectivity index (χ0v) is 11.8. The molecule has 0 aromatic heterocycles. The summed E-state index contributed by atoms with van der Waals surface area (Å²) in [7, 11) is 1.53. The van der Waals surface area contributed by atoms with Gasteiger partial charge in [-0.3, -0.25) is 9.59 Å². The largest absolute Gasteiger partial charge is 0.497 e. The summed E-state index contributed by atoms with van der Waals surface area (Å²) >= 11 is 0. The lowest BCUT2D eigenvalue weighted by atomic mass is 9.90. The van der Waals surface area contributed by atoms with Crippen molar-refractivity contribution in [2.24, 2.45) is 5.92 Å². The van der Waals surface area contributed by atoms with Gasteiger partial charge in [-0.1, -0.05) is 6.07 Å². The molecule has 0 saturated carbocycles. The molecule has 6 heteroatoms. The summed E-state index contributed by atoms with van der Waals surface area (Å²) in [6.45, 7) is 1.61. The van der Waals surface area contributed by atoms with Crippen LogP contribution in [0.5, 0.6) is 5.75 Å². The molecule has 1 atom stereocenters. The van der Waals surface area contributed by atoms with E-state index in [0.717, 1.165) is 0 Å². The zero-order valence-electron chi connectivity index (χ0n) is 11.8. The molecule has 0 aliphatic carbocycles. The number of methoxy groups -OCH3 is 1. The lowest BCUT2D eigenvalue weighted by molar-refractivity contribution is -0.126. The number of amides is 2. The Morgan fingerprint density at radius 3 is 2.95 bits per heavy atom. The Morgan fingerprint density at radius 2 is 2.29 bits per heavy atom. The number of anilines is 1. The molecular weight excluding hydrogens is 270 g/mol. The van der Waals surface area contributed by atoms with E-state index in [1.807, 2.05) is 6.07 Å². The molecule has 0 spiro atoms.